The fourth-order valence-corrected chi connectivity index (χ4v) is 4.89. The third-order valence-electron chi connectivity index (χ3n) is 6.32. The first-order valence-corrected chi connectivity index (χ1v) is 8.93. The largest absolute Gasteiger partial charge is 0.496 e. The van der Waals surface area contributed by atoms with Crippen molar-refractivity contribution in [3.05, 3.63) is 40.0 Å². The molecule has 0 unspecified atom stereocenters. The monoisotopic (exact) mass is 328 g/mol. The maximum Gasteiger partial charge on any atom is 0.331 e. The minimum atomic E-state index is -0.743. The standard InChI is InChI=1S/C21H28O3/c1-12(2)16-10-14-6-7-17-13(3)15(20(22)23)8-9-21(17,4)18(14)11-19(16)24-5/h10-12,17H,6-9H2,1-5H3,(H,22,23)/t17-,21-/m1/s1. The predicted molar refractivity (Wildman–Crippen MR) is 95.8 cm³/mol. The number of carboxylic acids is 1. The van der Waals surface area contributed by atoms with Crippen molar-refractivity contribution >= 4 is 5.97 Å². The quantitative estimate of drug-likeness (QED) is 0.864. The van der Waals surface area contributed by atoms with Crippen LogP contribution in [0.4, 0.5) is 0 Å². The average molecular weight is 328 g/mol. The molecule has 24 heavy (non-hydrogen) atoms. The summed E-state index contributed by atoms with van der Waals surface area (Å²) in [6.45, 7) is 8.73. The minimum absolute atomic E-state index is 0.0133. The van der Waals surface area contributed by atoms with Crippen molar-refractivity contribution in [3.8, 4) is 5.75 Å². The second kappa shape index (κ2) is 5.94. The second-order valence-electron chi connectivity index (χ2n) is 7.88. The van der Waals surface area contributed by atoms with Crippen molar-refractivity contribution in [1.82, 2.24) is 0 Å². The number of fused-ring (bicyclic) bond motifs is 3. The summed E-state index contributed by atoms with van der Waals surface area (Å²) in [5.74, 6) is 0.978. The molecule has 0 heterocycles. The maximum atomic E-state index is 11.5. The van der Waals surface area contributed by atoms with Crippen molar-refractivity contribution in [1.29, 1.82) is 0 Å². The summed E-state index contributed by atoms with van der Waals surface area (Å²) < 4.78 is 5.68. The number of aliphatic carboxylic acids is 1. The van der Waals surface area contributed by atoms with E-state index in [1.165, 1.54) is 16.7 Å². The van der Waals surface area contributed by atoms with Gasteiger partial charge in [0.05, 0.1) is 7.11 Å². The van der Waals surface area contributed by atoms with Gasteiger partial charge in [0.15, 0.2) is 0 Å². The lowest BCUT2D eigenvalue weighted by atomic mass is 9.56. The van der Waals surface area contributed by atoms with E-state index in [0.29, 0.717) is 23.8 Å². The molecular formula is C21H28O3. The normalized spacial score (nSPS) is 26.2. The van der Waals surface area contributed by atoms with Crippen LogP contribution in [0.5, 0.6) is 5.75 Å². The van der Waals surface area contributed by atoms with E-state index in [2.05, 4.69) is 32.9 Å². The molecular weight excluding hydrogens is 300 g/mol. The first-order chi connectivity index (χ1) is 11.3. The second-order valence-corrected chi connectivity index (χ2v) is 7.88. The molecule has 0 radical (unpaired) electrons. The number of allylic oxidation sites excluding steroid dienone is 1. The fraction of sp³-hybridized carbons (Fsp3) is 0.571. The molecule has 0 amide bonds. The van der Waals surface area contributed by atoms with Crippen LogP contribution in [0.15, 0.2) is 23.3 Å². The van der Waals surface area contributed by atoms with Crippen molar-refractivity contribution in [2.45, 2.75) is 64.7 Å². The molecule has 0 aliphatic heterocycles. The van der Waals surface area contributed by atoms with Crippen molar-refractivity contribution in [3.63, 3.8) is 0 Å². The third kappa shape index (κ3) is 2.45. The molecule has 0 saturated heterocycles. The predicted octanol–water partition coefficient (Wildman–Crippen LogP) is 4.83. The average Bonchev–Trinajstić information content (AvgIpc) is 2.53. The Balaban J connectivity index is 2.13. The molecule has 2 aliphatic rings. The van der Waals surface area contributed by atoms with Crippen molar-refractivity contribution in [2.24, 2.45) is 5.92 Å². The number of benzene rings is 1. The molecule has 1 aromatic rings. The van der Waals surface area contributed by atoms with Crippen molar-refractivity contribution < 1.29 is 14.6 Å². The SMILES string of the molecule is COc1cc2c(cc1C(C)C)CC[C@@H]1C(C)=C(C(=O)O)CC[C@@]21C. The number of carboxylic acid groups (broad SMARTS) is 1. The summed E-state index contributed by atoms with van der Waals surface area (Å²) in [4.78, 5) is 11.5. The first kappa shape index (κ1) is 17.1. The first-order valence-electron chi connectivity index (χ1n) is 8.93. The molecule has 0 spiro atoms. The van der Waals surface area contributed by atoms with Gasteiger partial charge in [-0.15, -0.1) is 0 Å². The van der Waals surface area contributed by atoms with Gasteiger partial charge in [-0.05, 0) is 72.6 Å². The molecule has 2 aliphatic carbocycles. The Morgan fingerprint density at radius 1 is 1.33 bits per heavy atom. The smallest absolute Gasteiger partial charge is 0.331 e. The van der Waals surface area contributed by atoms with E-state index < -0.39 is 5.97 Å². The summed E-state index contributed by atoms with van der Waals surface area (Å²) >= 11 is 0. The summed E-state index contributed by atoms with van der Waals surface area (Å²) in [5.41, 5.74) is 5.78. The van der Waals surface area contributed by atoms with Gasteiger partial charge in [0, 0.05) is 5.57 Å². The lowest BCUT2D eigenvalue weighted by Gasteiger charge is -2.47. The van der Waals surface area contributed by atoms with Crippen LogP contribution >= 0.6 is 0 Å². The van der Waals surface area contributed by atoms with E-state index in [0.717, 1.165) is 30.6 Å². The molecule has 1 aromatic carbocycles. The van der Waals surface area contributed by atoms with Gasteiger partial charge in [0.25, 0.3) is 0 Å². The lowest BCUT2D eigenvalue weighted by Crippen LogP contribution is -2.41. The van der Waals surface area contributed by atoms with Crippen LogP contribution in [0.1, 0.15) is 69.6 Å². The van der Waals surface area contributed by atoms with Gasteiger partial charge in [-0.25, -0.2) is 4.79 Å². The van der Waals surface area contributed by atoms with Crippen molar-refractivity contribution in [2.75, 3.05) is 7.11 Å². The van der Waals surface area contributed by atoms with Crippen LogP contribution in [0.25, 0.3) is 0 Å². The Bertz CT molecular complexity index is 714. The van der Waals surface area contributed by atoms with E-state index in [1.807, 2.05) is 6.92 Å². The van der Waals surface area contributed by atoms with Crippen LogP contribution in [0, 0.1) is 5.92 Å². The highest BCUT2D eigenvalue weighted by molar-refractivity contribution is 5.88. The number of carbonyl (C=O) groups is 1. The molecule has 3 nitrogen and oxygen atoms in total. The van der Waals surface area contributed by atoms with E-state index in [1.54, 1.807) is 7.11 Å². The van der Waals surface area contributed by atoms with Crippen LogP contribution in [-0.2, 0) is 16.6 Å². The van der Waals surface area contributed by atoms with Gasteiger partial charge in [-0.1, -0.05) is 32.4 Å². The van der Waals surface area contributed by atoms with Gasteiger partial charge in [-0.3, -0.25) is 0 Å². The molecule has 0 bridgehead atoms. The summed E-state index contributed by atoms with van der Waals surface area (Å²) in [6.07, 6.45) is 3.61. The number of methoxy groups -OCH3 is 1. The van der Waals surface area contributed by atoms with Gasteiger partial charge < -0.3 is 9.84 Å². The van der Waals surface area contributed by atoms with E-state index in [9.17, 15) is 9.90 Å². The molecule has 0 aromatic heterocycles. The van der Waals surface area contributed by atoms with Gasteiger partial charge in [0.1, 0.15) is 5.75 Å². The van der Waals surface area contributed by atoms with Gasteiger partial charge in [-0.2, -0.15) is 0 Å². The fourth-order valence-electron chi connectivity index (χ4n) is 4.89. The van der Waals surface area contributed by atoms with Crippen LogP contribution in [0.2, 0.25) is 0 Å². The van der Waals surface area contributed by atoms with Crippen LogP contribution in [0.3, 0.4) is 0 Å². The maximum absolute atomic E-state index is 11.5. The Kier molecular flexibility index (Phi) is 4.23. The van der Waals surface area contributed by atoms with Gasteiger partial charge >= 0.3 is 5.97 Å². The summed E-state index contributed by atoms with van der Waals surface area (Å²) in [5, 5.41) is 9.48. The number of aryl methyl sites for hydroxylation is 1. The molecule has 1 N–H and O–H groups in total. The van der Waals surface area contributed by atoms with Gasteiger partial charge in [0.2, 0.25) is 0 Å². The topological polar surface area (TPSA) is 46.5 Å². The highest BCUT2D eigenvalue weighted by Gasteiger charge is 2.45. The lowest BCUT2D eigenvalue weighted by molar-refractivity contribution is -0.133. The molecule has 0 saturated carbocycles. The Labute approximate surface area is 144 Å². The number of rotatable bonds is 3. The highest BCUT2D eigenvalue weighted by atomic mass is 16.5. The Hall–Kier alpha value is -1.77. The molecule has 0 fully saturated rings. The minimum Gasteiger partial charge on any atom is -0.496 e. The third-order valence-corrected chi connectivity index (χ3v) is 6.32. The van der Waals surface area contributed by atoms with E-state index >= 15 is 0 Å². The highest BCUT2D eigenvalue weighted by Crippen LogP contribution is 2.53. The van der Waals surface area contributed by atoms with E-state index in [4.69, 9.17) is 4.74 Å². The molecule has 3 heteroatoms. The Morgan fingerprint density at radius 3 is 2.62 bits per heavy atom. The zero-order chi connectivity index (χ0) is 17.6. The zero-order valence-electron chi connectivity index (χ0n) is 15.4. The molecule has 130 valence electrons. The number of hydrogen-bond donors (Lipinski definition) is 1. The number of ether oxygens (including phenoxy) is 1. The molecule has 2 atom stereocenters. The Morgan fingerprint density at radius 2 is 2.04 bits per heavy atom. The van der Waals surface area contributed by atoms with Crippen LogP contribution in [-0.4, -0.2) is 18.2 Å². The summed E-state index contributed by atoms with van der Waals surface area (Å²) in [7, 11) is 1.74. The molecule has 3 rings (SSSR count). The van der Waals surface area contributed by atoms with E-state index in [-0.39, 0.29) is 5.41 Å². The summed E-state index contributed by atoms with van der Waals surface area (Å²) in [6, 6.07) is 4.56. The zero-order valence-corrected chi connectivity index (χ0v) is 15.4. The van der Waals surface area contributed by atoms with Crippen LogP contribution < -0.4 is 4.74 Å². The number of hydrogen-bond acceptors (Lipinski definition) is 2.